The van der Waals surface area contributed by atoms with Crippen molar-refractivity contribution in [1.82, 2.24) is 14.5 Å². The molecule has 5 aromatic rings. The molecule has 0 atom stereocenters. The molecular weight excluding hydrogens is 661 g/mol. The minimum Gasteiger partial charge on any atom is -0.371 e. The maximum atomic E-state index is 9.20. The van der Waals surface area contributed by atoms with E-state index in [0.29, 0.717) is 11.3 Å². The summed E-state index contributed by atoms with van der Waals surface area (Å²) in [7, 11) is 0. The summed E-state index contributed by atoms with van der Waals surface area (Å²) in [5.74, 6) is 1.06. The molecule has 3 heterocycles. The zero-order valence-corrected chi connectivity index (χ0v) is 23.3. The Morgan fingerprint density at radius 2 is 1.85 bits per heavy atom. The van der Waals surface area contributed by atoms with Crippen molar-refractivity contribution in [3.8, 4) is 45.9 Å². The zero-order valence-electron chi connectivity index (χ0n) is 20.9. The Kier molecular flexibility index (Phi) is 8.45. The number of fused-ring (bicyclic) bond motifs is 3. The molecule has 6 nitrogen and oxygen atoms in total. The summed E-state index contributed by atoms with van der Waals surface area (Å²) in [5, 5.41) is 18.3. The van der Waals surface area contributed by atoms with Crippen LogP contribution in [0.3, 0.4) is 0 Å². The number of hydrogen-bond acceptors (Lipinski definition) is 4. The Morgan fingerprint density at radius 3 is 2.56 bits per heavy atom. The van der Waals surface area contributed by atoms with E-state index in [0.717, 1.165) is 35.5 Å². The van der Waals surface area contributed by atoms with Gasteiger partial charge in [0, 0.05) is 62.1 Å². The number of rotatable bonds is 2. The molecular formula is C32H20IrN6-2. The number of benzene rings is 3. The van der Waals surface area contributed by atoms with E-state index in [1.165, 1.54) is 17.2 Å². The Bertz CT molecular complexity index is 1770. The second-order valence-corrected chi connectivity index (χ2v) is 8.67. The Balaban J connectivity index is 0.000000210. The van der Waals surface area contributed by atoms with Crippen molar-refractivity contribution >= 4 is 5.69 Å². The van der Waals surface area contributed by atoms with Crippen molar-refractivity contribution in [2.75, 3.05) is 0 Å². The number of nitrogens with zero attached hydrogens (tertiary/aromatic N) is 6. The summed E-state index contributed by atoms with van der Waals surface area (Å²) in [6.07, 6.45) is 6.73. The number of imidazole rings is 1. The maximum absolute atomic E-state index is 9.20. The molecule has 7 heteroatoms. The van der Waals surface area contributed by atoms with E-state index in [-0.39, 0.29) is 36.9 Å². The second-order valence-electron chi connectivity index (χ2n) is 8.67. The van der Waals surface area contributed by atoms with Crippen LogP contribution in [0.4, 0.5) is 5.69 Å². The van der Waals surface area contributed by atoms with Gasteiger partial charge in [-0.1, -0.05) is 42.5 Å². The monoisotopic (exact) mass is 681 g/mol. The Hall–Kier alpha value is -4.86. The van der Waals surface area contributed by atoms with Crippen molar-refractivity contribution in [2.45, 2.75) is 19.9 Å². The van der Waals surface area contributed by atoms with Gasteiger partial charge >= 0.3 is 0 Å². The molecule has 0 saturated heterocycles. The van der Waals surface area contributed by atoms with Crippen LogP contribution in [0.5, 0.6) is 0 Å². The van der Waals surface area contributed by atoms with E-state index < -0.39 is 0 Å². The molecule has 0 amide bonds. The second kappa shape index (κ2) is 12.1. The summed E-state index contributed by atoms with van der Waals surface area (Å²) < 4.78 is 2.18. The third-order valence-electron chi connectivity index (χ3n) is 6.36. The third-order valence-corrected chi connectivity index (χ3v) is 6.36. The first-order valence-electron chi connectivity index (χ1n) is 11.9. The molecule has 1 aliphatic rings. The minimum atomic E-state index is 0. The van der Waals surface area contributed by atoms with Crippen LogP contribution in [-0.2, 0) is 33.1 Å². The molecule has 39 heavy (non-hydrogen) atoms. The topological polar surface area (TPSA) is 82.7 Å². The average Bonchev–Trinajstić information content (AvgIpc) is 3.47. The summed E-state index contributed by atoms with van der Waals surface area (Å²) in [6.45, 7) is 10.4. The molecule has 0 unspecified atom stereocenters. The number of hydrogen-bond donors (Lipinski definition) is 0. The van der Waals surface area contributed by atoms with Gasteiger partial charge in [-0.2, -0.15) is 4.85 Å². The molecule has 6 rings (SSSR count). The van der Waals surface area contributed by atoms with Crippen LogP contribution in [0.2, 0.25) is 0 Å². The average molecular weight is 681 g/mol. The molecule has 0 bridgehead atoms. The molecule has 0 spiro atoms. The van der Waals surface area contributed by atoms with Gasteiger partial charge in [-0.15, -0.1) is 35.4 Å². The van der Waals surface area contributed by atoms with Crippen molar-refractivity contribution in [1.29, 1.82) is 10.5 Å². The van der Waals surface area contributed by atoms with Gasteiger partial charge in [-0.05, 0) is 47.7 Å². The molecule has 2 aromatic heterocycles. The molecule has 189 valence electrons. The minimum absolute atomic E-state index is 0. The maximum Gasteiger partial charge on any atom is 0.254 e. The first-order valence-corrected chi connectivity index (χ1v) is 11.9. The summed E-state index contributed by atoms with van der Waals surface area (Å²) in [5.41, 5.74) is 7.12. The molecule has 0 saturated carbocycles. The first-order chi connectivity index (χ1) is 18.6. The van der Waals surface area contributed by atoms with Gasteiger partial charge in [0.1, 0.15) is 6.57 Å². The van der Waals surface area contributed by atoms with E-state index in [1.54, 1.807) is 6.20 Å². The summed E-state index contributed by atoms with van der Waals surface area (Å²) >= 11 is 0. The van der Waals surface area contributed by atoms with Crippen LogP contribution in [-0.4, -0.2) is 14.5 Å². The van der Waals surface area contributed by atoms with Gasteiger partial charge in [0.05, 0.1) is 11.9 Å². The van der Waals surface area contributed by atoms with Crippen LogP contribution < -0.4 is 0 Å². The first kappa shape index (κ1) is 27.2. The van der Waals surface area contributed by atoms with E-state index >= 15 is 0 Å². The van der Waals surface area contributed by atoms with Crippen LogP contribution in [0.1, 0.15) is 22.3 Å². The van der Waals surface area contributed by atoms with Crippen LogP contribution in [0.25, 0.3) is 38.6 Å². The normalized spacial score (nSPS) is 10.7. The van der Waals surface area contributed by atoms with Crippen molar-refractivity contribution in [3.63, 3.8) is 0 Å². The van der Waals surface area contributed by atoms with Gasteiger partial charge in [-0.3, -0.25) is 9.97 Å². The van der Waals surface area contributed by atoms with Crippen LogP contribution in [0.15, 0.2) is 79.3 Å². The summed E-state index contributed by atoms with van der Waals surface area (Å²) in [6, 6.07) is 29.3. The zero-order chi connectivity index (χ0) is 26.5. The molecule has 1 radical (unpaired) electrons. The van der Waals surface area contributed by atoms with E-state index in [9.17, 15) is 5.26 Å². The number of nitriles is 2. The van der Waals surface area contributed by atoms with E-state index in [4.69, 9.17) is 11.8 Å². The van der Waals surface area contributed by atoms with Gasteiger partial charge in [0.2, 0.25) is 0 Å². The molecule has 1 aliphatic heterocycles. The predicted molar refractivity (Wildman–Crippen MR) is 145 cm³/mol. The Morgan fingerprint density at radius 1 is 1.03 bits per heavy atom. The van der Waals surface area contributed by atoms with E-state index in [2.05, 4.69) is 37.6 Å². The molecule has 0 N–H and O–H groups in total. The summed E-state index contributed by atoms with van der Waals surface area (Å²) in [4.78, 5) is 12.2. The predicted octanol–water partition coefficient (Wildman–Crippen LogP) is 6.72. The molecule has 0 aliphatic carbocycles. The van der Waals surface area contributed by atoms with Crippen molar-refractivity contribution < 1.29 is 20.1 Å². The van der Waals surface area contributed by atoms with E-state index in [1.807, 2.05) is 80.0 Å². The van der Waals surface area contributed by atoms with Crippen LogP contribution >= 0.6 is 0 Å². The van der Waals surface area contributed by atoms with Crippen LogP contribution in [0, 0.1) is 48.3 Å². The quantitative estimate of drug-likeness (QED) is 0.194. The third kappa shape index (κ3) is 5.54. The number of aromatic nitrogens is 3. The largest absolute Gasteiger partial charge is 0.371 e. The fourth-order valence-electron chi connectivity index (χ4n) is 4.46. The number of aryl methyl sites for hydroxylation is 3. The standard InChI is InChI=1S/C21H11N4.C11H9N2.Ir/c1-14-8-21(25-13-19(14)15-6-4-3-5-7-15)18-9-16(11-22)17(12-23)10-20(18)24-2;1-2-4-10-9(3-1)5-7-13-8-6-12-11(10)13;/h3-8,10,13H,1H3;1-3,6,8H,5,7H2;/q2*-1;. The van der Waals surface area contributed by atoms with Gasteiger partial charge in [0.25, 0.3) is 5.69 Å². The fourth-order valence-corrected chi connectivity index (χ4v) is 4.46. The SMILES string of the molecule is [C-]#[N+]c1cc(C#N)c(C#N)[c-]c1-c1cc(C)c(-c2ccccc2)cn1.[Ir].[c-]1cccc2c1-c1nccn1CC2. The molecule has 3 aromatic carbocycles. The Labute approximate surface area is 241 Å². The van der Waals surface area contributed by atoms with Gasteiger partial charge in [0.15, 0.2) is 0 Å². The van der Waals surface area contributed by atoms with Crippen molar-refractivity contribution in [3.05, 3.63) is 125 Å². The van der Waals surface area contributed by atoms with Crippen molar-refractivity contribution in [2.24, 2.45) is 0 Å². The number of pyridine rings is 1. The van der Waals surface area contributed by atoms with Gasteiger partial charge < -0.3 is 4.57 Å². The molecule has 0 fully saturated rings. The fraction of sp³-hybridized carbons (Fsp3) is 0.0938. The smallest absolute Gasteiger partial charge is 0.254 e. The van der Waals surface area contributed by atoms with Gasteiger partial charge in [-0.25, -0.2) is 10.5 Å².